The molecule has 1 aromatic heterocycles. The van der Waals surface area contributed by atoms with Gasteiger partial charge in [-0.05, 0) is 36.8 Å². The highest BCUT2D eigenvalue weighted by atomic mass is 16.5. The highest BCUT2D eigenvalue weighted by molar-refractivity contribution is 5.79. The number of ether oxygens (including phenoxy) is 3. The number of fused-ring (bicyclic) bond motifs is 1. The quantitative estimate of drug-likeness (QED) is 0.438. The van der Waals surface area contributed by atoms with Gasteiger partial charge in [-0.2, -0.15) is 0 Å². The van der Waals surface area contributed by atoms with Crippen LogP contribution in [0.25, 0.3) is 11.0 Å². The van der Waals surface area contributed by atoms with E-state index in [9.17, 15) is 4.79 Å². The van der Waals surface area contributed by atoms with Crippen LogP contribution in [-0.4, -0.2) is 7.11 Å². The minimum atomic E-state index is -0.246. The second-order valence-electron chi connectivity index (χ2n) is 6.50. The van der Waals surface area contributed by atoms with E-state index in [1.54, 1.807) is 44.4 Å². The Hall–Kier alpha value is -3.73. The van der Waals surface area contributed by atoms with Crippen LogP contribution < -0.4 is 19.6 Å². The van der Waals surface area contributed by atoms with Crippen molar-refractivity contribution < 1.29 is 18.6 Å². The van der Waals surface area contributed by atoms with E-state index in [0.717, 1.165) is 5.56 Å². The first-order valence-corrected chi connectivity index (χ1v) is 9.21. The number of aryl methyl sites for hydroxylation is 1. The molecule has 146 valence electrons. The molecule has 0 aliphatic carbocycles. The maximum Gasteiger partial charge on any atom is 0.235 e. The summed E-state index contributed by atoms with van der Waals surface area (Å²) in [6.45, 7) is 2.13. The summed E-state index contributed by atoms with van der Waals surface area (Å²) in [4.78, 5) is 13.0. The Bertz CT molecular complexity index is 1200. The van der Waals surface area contributed by atoms with Crippen molar-refractivity contribution in [2.45, 2.75) is 13.5 Å². The molecule has 0 fully saturated rings. The van der Waals surface area contributed by atoms with Gasteiger partial charge in [-0.25, -0.2) is 0 Å². The Kier molecular flexibility index (Phi) is 5.20. The molecule has 1 heterocycles. The van der Waals surface area contributed by atoms with Gasteiger partial charge in [-0.15, -0.1) is 0 Å². The molecule has 5 nitrogen and oxygen atoms in total. The minimum Gasteiger partial charge on any atom is -0.493 e. The molecule has 0 spiro atoms. The van der Waals surface area contributed by atoms with Gasteiger partial charge in [0.25, 0.3) is 0 Å². The number of hydrogen-bond donors (Lipinski definition) is 0. The molecule has 0 radical (unpaired) electrons. The van der Waals surface area contributed by atoms with Gasteiger partial charge in [0.2, 0.25) is 11.2 Å². The maximum atomic E-state index is 13.0. The van der Waals surface area contributed by atoms with Crippen LogP contribution in [0.2, 0.25) is 0 Å². The maximum absolute atomic E-state index is 13.0. The average molecular weight is 388 g/mol. The summed E-state index contributed by atoms with van der Waals surface area (Å²) in [5, 5.41) is 0.424. The topological polar surface area (TPSA) is 57.9 Å². The second-order valence-corrected chi connectivity index (χ2v) is 6.50. The summed E-state index contributed by atoms with van der Waals surface area (Å²) in [7, 11) is 1.55. The summed E-state index contributed by atoms with van der Waals surface area (Å²) >= 11 is 0. The zero-order valence-electron chi connectivity index (χ0n) is 16.2. The lowest BCUT2D eigenvalue weighted by Crippen LogP contribution is -2.08. The van der Waals surface area contributed by atoms with Crippen LogP contribution in [0.5, 0.6) is 23.0 Å². The van der Waals surface area contributed by atoms with Crippen molar-refractivity contribution in [1.82, 2.24) is 0 Å². The largest absolute Gasteiger partial charge is 0.493 e. The van der Waals surface area contributed by atoms with Crippen LogP contribution in [0, 0.1) is 6.92 Å². The fourth-order valence-electron chi connectivity index (χ4n) is 3.03. The second kappa shape index (κ2) is 8.10. The van der Waals surface area contributed by atoms with Gasteiger partial charge in [-0.3, -0.25) is 4.79 Å². The fourth-order valence-corrected chi connectivity index (χ4v) is 3.03. The van der Waals surface area contributed by atoms with Crippen molar-refractivity contribution in [3.63, 3.8) is 0 Å². The van der Waals surface area contributed by atoms with E-state index in [1.165, 1.54) is 0 Å². The van der Waals surface area contributed by atoms with E-state index >= 15 is 0 Å². The standard InChI is InChI=1S/C24H20O5/c1-16-24(29-21-11-7-6-10-20(21)26-2)23(25)19-13-12-18(14-22(19)28-16)27-15-17-8-4-3-5-9-17/h3-14H,15H2,1-2H3. The Morgan fingerprint density at radius 1 is 0.897 bits per heavy atom. The molecule has 0 bridgehead atoms. The van der Waals surface area contributed by atoms with Crippen LogP contribution in [-0.2, 0) is 6.61 Å². The van der Waals surface area contributed by atoms with E-state index in [2.05, 4.69) is 0 Å². The van der Waals surface area contributed by atoms with Gasteiger partial charge in [0.05, 0.1) is 12.5 Å². The number of hydrogen-bond acceptors (Lipinski definition) is 5. The van der Waals surface area contributed by atoms with Gasteiger partial charge in [0.1, 0.15) is 23.7 Å². The Balaban J connectivity index is 1.64. The molecule has 4 aromatic rings. The van der Waals surface area contributed by atoms with Crippen molar-refractivity contribution in [2.75, 3.05) is 7.11 Å². The molecule has 0 aliphatic heterocycles. The van der Waals surface area contributed by atoms with Crippen molar-refractivity contribution in [3.8, 4) is 23.0 Å². The van der Waals surface area contributed by atoms with Gasteiger partial charge in [0, 0.05) is 6.07 Å². The van der Waals surface area contributed by atoms with Gasteiger partial charge >= 0.3 is 0 Å². The van der Waals surface area contributed by atoms with Crippen LogP contribution in [0.4, 0.5) is 0 Å². The number of rotatable bonds is 6. The molecule has 0 N–H and O–H groups in total. The summed E-state index contributed by atoms with van der Waals surface area (Å²) in [6, 6.07) is 22.2. The zero-order chi connectivity index (χ0) is 20.2. The SMILES string of the molecule is COc1ccccc1Oc1c(C)oc2cc(OCc3ccccc3)ccc2c1=O. The van der Waals surface area contributed by atoms with Crippen LogP contribution >= 0.6 is 0 Å². The third-order valence-corrected chi connectivity index (χ3v) is 4.52. The highest BCUT2D eigenvalue weighted by Gasteiger charge is 2.16. The Labute approximate surface area is 168 Å². The van der Waals surface area contributed by atoms with Gasteiger partial charge in [0.15, 0.2) is 11.5 Å². The molecule has 29 heavy (non-hydrogen) atoms. The summed E-state index contributed by atoms with van der Waals surface area (Å²) in [5.41, 5.74) is 1.26. The highest BCUT2D eigenvalue weighted by Crippen LogP contribution is 2.32. The third-order valence-electron chi connectivity index (χ3n) is 4.52. The molecular weight excluding hydrogens is 368 g/mol. The smallest absolute Gasteiger partial charge is 0.235 e. The molecule has 0 atom stereocenters. The first kappa shape index (κ1) is 18.6. The molecule has 0 aliphatic rings. The van der Waals surface area contributed by atoms with Crippen molar-refractivity contribution in [2.24, 2.45) is 0 Å². The van der Waals surface area contributed by atoms with Crippen LogP contribution in [0.15, 0.2) is 82.0 Å². The van der Waals surface area contributed by atoms with Crippen molar-refractivity contribution in [3.05, 3.63) is 94.3 Å². The van der Waals surface area contributed by atoms with Crippen LogP contribution in [0.1, 0.15) is 11.3 Å². The molecular formula is C24H20O5. The lowest BCUT2D eigenvalue weighted by molar-refractivity contribution is 0.306. The Morgan fingerprint density at radius 2 is 1.62 bits per heavy atom. The monoisotopic (exact) mass is 388 g/mol. The predicted molar refractivity (Wildman–Crippen MR) is 111 cm³/mol. The average Bonchev–Trinajstić information content (AvgIpc) is 2.76. The normalized spacial score (nSPS) is 10.7. The van der Waals surface area contributed by atoms with E-state index in [0.29, 0.717) is 40.6 Å². The van der Waals surface area contributed by atoms with Gasteiger partial charge < -0.3 is 18.6 Å². The number of para-hydroxylation sites is 2. The molecule has 3 aromatic carbocycles. The summed E-state index contributed by atoms with van der Waals surface area (Å²) in [6.07, 6.45) is 0. The molecule has 0 saturated carbocycles. The van der Waals surface area contributed by atoms with E-state index < -0.39 is 0 Å². The van der Waals surface area contributed by atoms with Crippen molar-refractivity contribution in [1.29, 1.82) is 0 Å². The molecule has 0 saturated heterocycles. The summed E-state index contributed by atoms with van der Waals surface area (Å²) in [5.74, 6) is 2.14. The van der Waals surface area contributed by atoms with E-state index in [1.807, 2.05) is 42.5 Å². The molecule has 0 unspecified atom stereocenters. The first-order valence-electron chi connectivity index (χ1n) is 9.21. The minimum absolute atomic E-state index is 0.139. The predicted octanol–water partition coefficient (Wildman–Crippen LogP) is 5.48. The third kappa shape index (κ3) is 3.94. The lowest BCUT2D eigenvalue weighted by Gasteiger charge is -2.12. The van der Waals surface area contributed by atoms with Gasteiger partial charge in [-0.1, -0.05) is 42.5 Å². The lowest BCUT2D eigenvalue weighted by atomic mass is 10.2. The zero-order valence-corrected chi connectivity index (χ0v) is 16.2. The van der Waals surface area contributed by atoms with E-state index in [4.69, 9.17) is 18.6 Å². The first-order chi connectivity index (χ1) is 14.2. The summed E-state index contributed by atoms with van der Waals surface area (Å²) < 4.78 is 22.8. The molecule has 4 rings (SSSR count). The fraction of sp³-hybridized carbons (Fsp3) is 0.125. The molecule has 5 heteroatoms. The molecule has 0 amide bonds. The van der Waals surface area contributed by atoms with Crippen LogP contribution in [0.3, 0.4) is 0 Å². The number of benzene rings is 3. The van der Waals surface area contributed by atoms with Crippen molar-refractivity contribution >= 4 is 11.0 Å². The Morgan fingerprint density at radius 3 is 2.38 bits per heavy atom. The van der Waals surface area contributed by atoms with E-state index in [-0.39, 0.29) is 11.2 Å². The number of methoxy groups -OCH3 is 1.